The number of benzene rings is 2. The molecule has 0 bridgehead atoms. The molecule has 0 saturated carbocycles. The highest BCUT2D eigenvalue weighted by molar-refractivity contribution is 6.40. The number of amides is 2. The molecular formula is C25H26Cl2F3N7O. The van der Waals surface area contributed by atoms with Gasteiger partial charge in [0.15, 0.2) is 0 Å². The van der Waals surface area contributed by atoms with Crippen molar-refractivity contribution >= 4 is 57.9 Å². The van der Waals surface area contributed by atoms with Gasteiger partial charge in [-0.1, -0.05) is 30.1 Å². The first-order valence-electron chi connectivity index (χ1n) is 11.8. The Labute approximate surface area is 228 Å². The van der Waals surface area contributed by atoms with Gasteiger partial charge in [-0.05, 0) is 42.9 Å². The molecule has 2 aromatic carbocycles. The zero-order valence-corrected chi connectivity index (χ0v) is 22.2. The van der Waals surface area contributed by atoms with Crippen LogP contribution in [0, 0.1) is 0 Å². The van der Waals surface area contributed by atoms with E-state index in [0.29, 0.717) is 5.82 Å². The van der Waals surface area contributed by atoms with Crippen LogP contribution in [0.1, 0.15) is 12.5 Å². The SMILES string of the molecule is CCN1CCN(c2ccc(Nc3cc(N(C)C(=O)Nc4c(Cl)ccc(C(F)(F)F)c4Cl)ncn3)cc2)CC1. The zero-order valence-electron chi connectivity index (χ0n) is 20.7. The summed E-state index contributed by atoms with van der Waals surface area (Å²) in [4.78, 5) is 27.0. The number of rotatable bonds is 6. The van der Waals surface area contributed by atoms with Crippen molar-refractivity contribution in [3.8, 4) is 0 Å². The topological polar surface area (TPSA) is 76.6 Å². The van der Waals surface area contributed by atoms with Gasteiger partial charge in [0.2, 0.25) is 0 Å². The molecule has 38 heavy (non-hydrogen) atoms. The molecule has 0 atom stereocenters. The van der Waals surface area contributed by atoms with Crippen LogP contribution in [0.25, 0.3) is 0 Å². The van der Waals surface area contributed by atoms with E-state index in [9.17, 15) is 18.0 Å². The molecule has 2 amide bonds. The highest BCUT2D eigenvalue weighted by Crippen LogP contribution is 2.41. The molecule has 1 saturated heterocycles. The summed E-state index contributed by atoms with van der Waals surface area (Å²) in [6.07, 6.45) is -3.43. The number of nitrogens with zero attached hydrogens (tertiary/aromatic N) is 5. The number of hydrogen-bond acceptors (Lipinski definition) is 6. The van der Waals surface area contributed by atoms with Gasteiger partial charge in [0.25, 0.3) is 0 Å². The maximum Gasteiger partial charge on any atom is 0.417 e. The first-order chi connectivity index (χ1) is 18.1. The summed E-state index contributed by atoms with van der Waals surface area (Å²) in [6.45, 7) is 7.24. The minimum Gasteiger partial charge on any atom is -0.369 e. The van der Waals surface area contributed by atoms with E-state index in [0.717, 1.165) is 61.1 Å². The first-order valence-corrected chi connectivity index (χ1v) is 12.6. The summed E-state index contributed by atoms with van der Waals surface area (Å²) in [6, 6.07) is 10.5. The van der Waals surface area contributed by atoms with Gasteiger partial charge in [-0.15, -0.1) is 0 Å². The summed E-state index contributed by atoms with van der Waals surface area (Å²) < 4.78 is 39.6. The highest BCUT2D eigenvalue weighted by atomic mass is 35.5. The molecule has 0 radical (unpaired) electrons. The molecule has 2 heterocycles. The highest BCUT2D eigenvalue weighted by Gasteiger charge is 2.35. The number of halogens is 5. The van der Waals surface area contributed by atoms with Gasteiger partial charge in [-0.3, -0.25) is 4.90 Å². The second-order valence-corrected chi connectivity index (χ2v) is 9.41. The van der Waals surface area contributed by atoms with Gasteiger partial charge in [0.05, 0.1) is 21.3 Å². The van der Waals surface area contributed by atoms with Crippen molar-refractivity contribution in [1.82, 2.24) is 14.9 Å². The van der Waals surface area contributed by atoms with Gasteiger partial charge >= 0.3 is 12.2 Å². The Morgan fingerprint density at radius 2 is 1.74 bits per heavy atom. The number of likely N-dealkylation sites (N-methyl/N-ethyl adjacent to an activating group) is 1. The summed E-state index contributed by atoms with van der Waals surface area (Å²) in [5, 5.41) is 4.67. The van der Waals surface area contributed by atoms with Crippen molar-refractivity contribution in [2.75, 3.05) is 60.2 Å². The van der Waals surface area contributed by atoms with Crippen molar-refractivity contribution in [2.24, 2.45) is 0 Å². The average molecular weight is 568 g/mol. The second kappa shape index (κ2) is 11.6. The molecule has 0 spiro atoms. The smallest absolute Gasteiger partial charge is 0.369 e. The molecule has 202 valence electrons. The van der Waals surface area contributed by atoms with Gasteiger partial charge in [-0.2, -0.15) is 13.2 Å². The number of nitrogens with one attached hydrogen (secondary N) is 2. The molecule has 0 aliphatic carbocycles. The summed E-state index contributed by atoms with van der Waals surface area (Å²) >= 11 is 11.9. The van der Waals surface area contributed by atoms with E-state index >= 15 is 0 Å². The van der Waals surface area contributed by atoms with Crippen LogP contribution in [0.15, 0.2) is 48.8 Å². The molecule has 1 fully saturated rings. The molecule has 4 rings (SSSR count). The van der Waals surface area contributed by atoms with Gasteiger partial charge in [0, 0.05) is 50.7 Å². The lowest BCUT2D eigenvalue weighted by Gasteiger charge is -2.35. The normalized spacial score (nSPS) is 14.3. The predicted molar refractivity (Wildman–Crippen MR) is 145 cm³/mol. The molecular weight excluding hydrogens is 542 g/mol. The van der Waals surface area contributed by atoms with Crippen LogP contribution in [0.4, 0.5) is 46.7 Å². The summed E-state index contributed by atoms with van der Waals surface area (Å²) in [5.74, 6) is 0.624. The Morgan fingerprint density at radius 1 is 1.05 bits per heavy atom. The molecule has 1 aromatic heterocycles. The third-order valence-electron chi connectivity index (χ3n) is 6.25. The maximum absolute atomic E-state index is 13.2. The monoisotopic (exact) mass is 567 g/mol. The molecule has 3 aromatic rings. The van der Waals surface area contributed by atoms with Crippen molar-refractivity contribution in [3.05, 3.63) is 64.4 Å². The lowest BCUT2D eigenvalue weighted by molar-refractivity contribution is -0.137. The number of urea groups is 1. The molecule has 0 unspecified atom stereocenters. The maximum atomic E-state index is 13.2. The van der Waals surface area contributed by atoms with E-state index < -0.39 is 22.8 Å². The number of hydrogen-bond donors (Lipinski definition) is 2. The fraction of sp³-hybridized carbons (Fsp3) is 0.320. The average Bonchev–Trinajstić information content (AvgIpc) is 2.90. The number of aromatic nitrogens is 2. The quantitative estimate of drug-likeness (QED) is 0.361. The van der Waals surface area contributed by atoms with E-state index in [1.165, 1.54) is 19.4 Å². The van der Waals surface area contributed by atoms with Gasteiger partial charge in [-0.25, -0.2) is 14.8 Å². The molecule has 2 N–H and O–H groups in total. The number of carbonyl (C=O) groups is 1. The Bertz CT molecular complexity index is 1280. The standard InChI is InChI=1S/C25H26Cl2F3N7O/c1-3-36-10-12-37(13-11-36)17-6-4-16(5-7-17)33-20-14-21(32-15-31-20)35(2)24(38)34-23-19(26)9-8-18(22(23)27)25(28,29)30/h4-9,14-15H,3,10-13H2,1-2H3,(H,34,38)(H,31,32,33). The summed E-state index contributed by atoms with van der Waals surface area (Å²) in [7, 11) is 1.41. The predicted octanol–water partition coefficient (Wildman–Crippen LogP) is 6.36. The van der Waals surface area contributed by atoms with Crippen LogP contribution in [0.3, 0.4) is 0 Å². The first kappa shape index (κ1) is 27.7. The Balaban J connectivity index is 1.43. The van der Waals surface area contributed by atoms with Crippen LogP contribution in [0.5, 0.6) is 0 Å². The lowest BCUT2D eigenvalue weighted by atomic mass is 10.2. The van der Waals surface area contributed by atoms with Crippen molar-refractivity contribution in [3.63, 3.8) is 0 Å². The Morgan fingerprint density at radius 3 is 2.37 bits per heavy atom. The van der Waals surface area contributed by atoms with E-state index in [1.807, 2.05) is 24.3 Å². The van der Waals surface area contributed by atoms with Crippen LogP contribution in [0.2, 0.25) is 10.0 Å². The van der Waals surface area contributed by atoms with Crippen molar-refractivity contribution in [1.29, 1.82) is 0 Å². The van der Waals surface area contributed by atoms with Crippen LogP contribution < -0.4 is 20.4 Å². The van der Waals surface area contributed by atoms with E-state index in [2.05, 4.69) is 37.3 Å². The zero-order chi connectivity index (χ0) is 27.4. The third kappa shape index (κ3) is 6.40. The van der Waals surface area contributed by atoms with E-state index in [1.54, 1.807) is 0 Å². The Kier molecular flexibility index (Phi) is 8.49. The minimum absolute atomic E-state index is 0.134. The number of alkyl halides is 3. The van der Waals surface area contributed by atoms with Crippen molar-refractivity contribution in [2.45, 2.75) is 13.1 Å². The van der Waals surface area contributed by atoms with Gasteiger partial charge < -0.3 is 20.4 Å². The van der Waals surface area contributed by atoms with Crippen LogP contribution in [-0.4, -0.2) is 60.7 Å². The number of carbonyl (C=O) groups excluding carboxylic acids is 1. The third-order valence-corrected chi connectivity index (χ3v) is 6.96. The van der Waals surface area contributed by atoms with Gasteiger partial charge in [0.1, 0.15) is 18.0 Å². The van der Waals surface area contributed by atoms with E-state index in [4.69, 9.17) is 23.2 Å². The minimum atomic E-state index is -4.71. The molecule has 8 nitrogen and oxygen atoms in total. The molecule has 1 aliphatic heterocycles. The number of piperazine rings is 1. The fourth-order valence-corrected chi connectivity index (χ4v) is 4.58. The fourth-order valence-electron chi connectivity index (χ4n) is 4.01. The number of anilines is 5. The second-order valence-electron chi connectivity index (χ2n) is 8.63. The van der Waals surface area contributed by atoms with Crippen molar-refractivity contribution < 1.29 is 18.0 Å². The van der Waals surface area contributed by atoms with E-state index in [-0.39, 0.29) is 16.5 Å². The summed E-state index contributed by atoms with van der Waals surface area (Å²) in [5.41, 5.74) is 0.478. The largest absolute Gasteiger partial charge is 0.417 e. The molecule has 1 aliphatic rings. The van der Waals surface area contributed by atoms with Crippen LogP contribution >= 0.6 is 23.2 Å². The lowest BCUT2D eigenvalue weighted by Crippen LogP contribution is -2.46. The van der Waals surface area contributed by atoms with Crippen LogP contribution in [-0.2, 0) is 6.18 Å². The Hall–Kier alpha value is -3.28. The molecule has 13 heteroatoms.